The van der Waals surface area contributed by atoms with E-state index < -0.39 is 0 Å². The Hall–Kier alpha value is -1.35. The normalized spacial score (nSPS) is 25.2. The molecule has 0 fully saturated rings. The van der Waals surface area contributed by atoms with Gasteiger partial charge in [0.25, 0.3) is 0 Å². The number of aryl methyl sites for hydroxylation is 1. The van der Waals surface area contributed by atoms with E-state index in [2.05, 4.69) is 10.3 Å². The van der Waals surface area contributed by atoms with Crippen LogP contribution in [0.4, 0.5) is 5.82 Å². The minimum absolute atomic E-state index is 0.270. The molecule has 1 heterocycles. The Labute approximate surface area is 89.9 Å². The van der Waals surface area contributed by atoms with E-state index in [0.717, 1.165) is 24.4 Å². The van der Waals surface area contributed by atoms with Crippen molar-refractivity contribution in [2.45, 2.75) is 31.9 Å². The Bertz CT molecular complexity index is 362. The number of nitrogens with zero attached hydrogens (tertiary/aromatic N) is 1. The molecule has 0 aromatic carbocycles. The predicted octanol–water partition coefficient (Wildman–Crippen LogP) is 1.88. The quantitative estimate of drug-likeness (QED) is 0.723. The molecule has 3 heteroatoms. The first kappa shape index (κ1) is 10.2. The van der Waals surface area contributed by atoms with E-state index in [-0.39, 0.29) is 6.10 Å². The number of anilines is 1. The van der Waals surface area contributed by atoms with Gasteiger partial charge in [-0.25, -0.2) is 4.98 Å². The third-order valence-electron chi connectivity index (χ3n) is 2.56. The van der Waals surface area contributed by atoms with E-state index in [1.54, 1.807) is 0 Å². The van der Waals surface area contributed by atoms with Gasteiger partial charge in [-0.3, -0.25) is 0 Å². The van der Waals surface area contributed by atoms with Crippen molar-refractivity contribution in [2.75, 3.05) is 5.32 Å². The summed E-state index contributed by atoms with van der Waals surface area (Å²) in [5.41, 5.74) is 1.01. The van der Waals surface area contributed by atoms with Crippen molar-refractivity contribution in [2.24, 2.45) is 0 Å². The van der Waals surface area contributed by atoms with Crippen LogP contribution < -0.4 is 5.32 Å². The number of rotatable bonds is 2. The summed E-state index contributed by atoms with van der Waals surface area (Å²) in [7, 11) is 0. The highest BCUT2D eigenvalue weighted by atomic mass is 16.3. The van der Waals surface area contributed by atoms with Gasteiger partial charge in [0.05, 0.1) is 6.10 Å². The summed E-state index contributed by atoms with van der Waals surface area (Å²) in [6.07, 6.45) is 5.36. The Morgan fingerprint density at radius 2 is 2.20 bits per heavy atom. The average molecular weight is 204 g/mol. The van der Waals surface area contributed by atoms with E-state index in [4.69, 9.17) is 0 Å². The zero-order chi connectivity index (χ0) is 10.7. The summed E-state index contributed by atoms with van der Waals surface area (Å²) in [5.74, 6) is 0.904. The third kappa shape index (κ3) is 2.80. The fourth-order valence-electron chi connectivity index (χ4n) is 1.74. The maximum Gasteiger partial charge on any atom is 0.126 e. The second-order valence-corrected chi connectivity index (χ2v) is 3.94. The van der Waals surface area contributed by atoms with Gasteiger partial charge in [0, 0.05) is 11.7 Å². The highest BCUT2D eigenvalue weighted by Gasteiger charge is 2.13. The molecule has 2 rings (SSSR count). The molecule has 2 atom stereocenters. The lowest BCUT2D eigenvalue weighted by molar-refractivity contribution is 0.202. The van der Waals surface area contributed by atoms with Crippen LogP contribution in [0.3, 0.4) is 0 Å². The van der Waals surface area contributed by atoms with Gasteiger partial charge in [-0.2, -0.15) is 0 Å². The molecule has 0 saturated carbocycles. The molecule has 0 unspecified atom stereocenters. The van der Waals surface area contributed by atoms with E-state index in [9.17, 15) is 5.11 Å². The van der Waals surface area contributed by atoms with Gasteiger partial charge in [0.1, 0.15) is 5.82 Å². The minimum atomic E-state index is -0.270. The molecule has 1 aliphatic rings. The topological polar surface area (TPSA) is 45.1 Å². The molecule has 1 aromatic rings. The van der Waals surface area contributed by atoms with Gasteiger partial charge < -0.3 is 10.4 Å². The van der Waals surface area contributed by atoms with Crippen molar-refractivity contribution in [3.8, 4) is 0 Å². The van der Waals surface area contributed by atoms with E-state index >= 15 is 0 Å². The summed E-state index contributed by atoms with van der Waals surface area (Å²) < 4.78 is 0. The Balaban J connectivity index is 2.00. The number of hydrogen-bond acceptors (Lipinski definition) is 3. The monoisotopic (exact) mass is 204 g/mol. The fourth-order valence-corrected chi connectivity index (χ4v) is 1.74. The van der Waals surface area contributed by atoms with Crippen LogP contribution in [0, 0.1) is 6.92 Å². The number of pyridine rings is 1. The van der Waals surface area contributed by atoms with Crippen LogP contribution in [0.1, 0.15) is 18.5 Å². The van der Waals surface area contributed by atoms with Crippen LogP contribution in [0.2, 0.25) is 0 Å². The standard InChI is InChI=1S/C12H16N2O/c1-9-3-2-4-12(13-9)14-10-5-7-11(15)8-6-10/h2-5,7,10-11,15H,6,8H2,1H3,(H,13,14)/t10-,11+/m0/s1. The lowest BCUT2D eigenvalue weighted by Gasteiger charge is -2.21. The molecule has 80 valence electrons. The Kier molecular flexibility index (Phi) is 3.02. The SMILES string of the molecule is Cc1cccc(N[C@H]2C=C[C@@H](O)CC2)n1. The largest absolute Gasteiger partial charge is 0.389 e. The maximum absolute atomic E-state index is 9.31. The molecule has 0 spiro atoms. The molecular weight excluding hydrogens is 188 g/mol. The van der Waals surface area contributed by atoms with Crippen LogP contribution >= 0.6 is 0 Å². The van der Waals surface area contributed by atoms with E-state index in [1.807, 2.05) is 37.3 Å². The molecule has 15 heavy (non-hydrogen) atoms. The molecule has 0 saturated heterocycles. The first-order valence-corrected chi connectivity index (χ1v) is 5.30. The number of aliphatic hydroxyl groups is 1. The van der Waals surface area contributed by atoms with Crippen molar-refractivity contribution in [1.29, 1.82) is 0 Å². The number of hydrogen-bond donors (Lipinski definition) is 2. The molecular formula is C12H16N2O. The van der Waals surface area contributed by atoms with Crippen LogP contribution in [0.25, 0.3) is 0 Å². The third-order valence-corrected chi connectivity index (χ3v) is 2.56. The summed E-state index contributed by atoms with van der Waals surface area (Å²) >= 11 is 0. The summed E-state index contributed by atoms with van der Waals surface area (Å²) in [6, 6.07) is 6.23. The van der Waals surface area contributed by atoms with Crippen LogP contribution in [-0.2, 0) is 0 Å². The lowest BCUT2D eigenvalue weighted by atomic mass is 10.0. The van der Waals surface area contributed by atoms with E-state index in [0.29, 0.717) is 6.04 Å². The maximum atomic E-state index is 9.31. The summed E-state index contributed by atoms with van der Waals surface area (Å²) in [4.78, 5) is 4.38. The second-order valence-electron chi connectivity index (χ2n) is 3.94. The second kappa shape index (κ2) is 4.45. The molecule has 0 aliphatic heterocycles. The molecule has 0 amide bonds. The molecule has 0 bridgehead atoms. The molecule has 3 nitrogen and oxygen atoms in total. The van der Waals surface area contributed by atoms with E-state index in [1.165, 1.54) is 0 Å². The molecule has 2 N–H and O–H groups in total. The van der Waals surface area contributed by atoms with Gasteiger partial charge in [-0.15, -0.1) is 0 Å². The lowest BCUT2D eigenvalue weighted by Crippen LogP contribution is -2.23. The smallest absolute Gasteiger partial charge is 0.126 e. The number of nitrogens with one attached hydrogen (secondary N) is 1. The zero-order valence-electron chi connectivity index (χ0n) is 8.85. The fraction of sp³-hybridized carbons (Fsp3) is 0.417. The number of aromatic nitrogens is 1. The number of aliphatic hydroxyl groups excluding tert-OH is 1. The van der Waals surface area contributed by atoms with Gasteiger partial charge in [-0.1, -0.05) is 18.2 Å². The van der Waals surface area contributed by atoms with Gasteiger partial charge in [-0.05, 0) is 31.9 Å². The Morgan fingerprint density at radius 1 is 1.33 bits per heavy atom. The van der Waals surface area contributed by atoms with Gasteiger partial charge in [0.2, 0.25) is 0 Å². The molecule has 1 aromatic heterocycles. The van der Waals surface area contributed by atoms with Crippen molar-refractivity contribution in [1.82, 2.24) is 4.98 Å². The van der Waals surface area contributed by atoms with Crippen molar-refractivity contribution < 1.29 is 5.11 Å². The average Bonchev–Trinajstić information content (AvgIpc) is 2.22. The van der Waals surface area contributed by atoms with Crippen molar-refractivity contribution in [3.05, 3.63) is 36.0 Å². The van der Waals surface area contributed by atoms with Crippen LogP contribution in [-0.4, -0.2) is 22.2 Å². The summed E-state index contributed by atoms with van der Waals surface area (Å²) in [6.45, 7) is 1.98. The highest BCUT2D eigenvalue weighted by Crippen LogP contribution is 2.15. The molecule has 1 aliphatic carbocycles. The van der Waals surface area contributed by atoms with Crippen molar-refractivity contribution in [3.63, 3.8) is 0 Å². The van der Waals surface area contributed by atoms with Gasteiger partial charge in [0.15, 0.2) is 0 Å². The molecule has 0 radical (unpaired) electrons. The highest BCUT2D eigenvalue weighted by molar-refractivity contribution is 5.38. The predicted molar refractivity (Wildman–Crippen MR) is 60.8 cm³/mol. The van der Waals surface area contributed by atoms with Crippen molar-refractivity contribution >= 4 is 5.82 Å². The zero-order valence-corrected chi connectivity index (χ0v) is 8.85. The van der Waals surface area contributed by atoms with Crippen LogP contribution in [0.5, 0.6) is 0 Å². The van der Waals surface area contributed by atoms with Crippen LogP contribution in [0.15, 0.2) is 30.4 Å². The first-order valence-electron chi connectivity index (χ1n) is 5.30. The first-order chi connectivity index (χ1) is 7.24. The summed E-state index contributed by atoms with van der Waals surface area (Å²) in [5, 5.41) is 12.6. The minimum Gasteiger partial charge on any atom is -0.389 e. The van der Waals surface area contributed by atoms with Gasteiger partial charge >= 0.3 is 0 Å². The Morgan fingerprint density at radius 3 is 2.87 bits per heavy atom.